The highest BCUT2D eigenvalue weighted by Crippen LogP contribution is 2.26. The van der Waals surface area contributed by atoms with Gasteiger partial charge in [0.25, 0.3) is 0 Å². The SMILES string of the molecule is OCc1cccc(-c2nc(N3CCOCC3)c3n[nH]nc3n2)c1. The van der Waals surface area contributed by atoms with Crippen LogP contribution in [0.2, 0.25) is 0 Å². The second-order valence-electron chi connectivity index (χ2n) is 5.32. The van der Waals surface area contributed by atoms with Crippen molar-refractivity contribution in [2.24, 2.45) is 0 Å². The summed E-state index contributed by atoms with van der Waals surface area (Å²) in [5, 5.41) is 20.2. The summed E-state index contributed by atoms with van der Waals surface area (Å²) in [6, 6.07) is 7.54. The fourth-order valence-electron chi connectivity index (χ4n) is 2.67. The third-order valence-electron chi connectivity index (χ3n) is 3.84. The second-order valence-corrected chi connectivity index (χ2v) is 5.32. The van der Waals surface area contributed by atoms with E-state index in [0.717, 1.165) is 30.0 Å². The van der Waals surface area contributed by atoms with E-state index >= 15 is 0 Å². The van der Waals surface area contributed by atoms with Crippen molar-refractivity contribution in [2.75, 3.05) is 31.2 Å². The summed E-state index contributed by atoms with van der Waals surface area (Å²) in [6.45, 7) is 2.83. The topological polar surface area (TPSA) is 100 Å². The van der Waals surface area contributed by atoms with Gasteiger partial charge in [-0.3, -0.25) is 0 Å². The first-order chi connectivity index (χ1) is 11.3. The third kappa shape index (κ3) is 2.62. The maximum atomic E-state index is 9.32. The number of aliphatic hydroxyl groups is 1. The number of nitrogens with zero attached hydrogens (tertiary/aromatic N) is 5. The van der Waals surface area contributed by atoms with Gasteiger partial charge in [-0.1, -0.05) is 18.2 Å². The maximum absolute atomic E-state index is 9.32. The molecule has 0 atom stereocenters. The monoisotopic (exact) mass is 312 g/mol. The van der Waals surface area contributed by atoms with Gasteiger partial charge >= 0.3 is 0 Å². The summed E-state index contributed by atoms with van der Waals surface area (Å²) in [6.07, 6.45) is 0. The van der Waals surface area contributed by atoms with Crippen molar-refractivity contribution in [1.29, 1.82) is 0 Å². The number of aromatic amines is 1. The number of benzene rings is 1. The molecule has 1 aliphatic rings. The van der Waals surface area contributed by atoms with Crippen LogP contribution < -0.4 is 4.90 Å². The molecule has 1 aromatic carbocycles. The van der Waals surface area contributed by atoms with Crippen LogP contribution in [0.4, 0.5) is 5.82 Å². The largest absolute Gasteiger partial charge is 0.392 e. The number of nitrogens with one attached hydrogen (secondary N) is 1. The smallest absolute Gasteiger partial charge is 0.207 e. The van der Waals surface area contributed by atoms with Gasteiger partial charge in [-0.05, 0) is 11.6 Å². The van der Waals surface area contributed by atoms with Crippen molar-refractivity contribution in [3.05, 3.63) is 29.8 Å². The molecule has 1 fully saturated rings. The number of morpholine rings is 1. The predicted molar refractivity (Wildman–Crippen MR) is 83.9 cm³/mol. The number of aliphatic hydroxyl groups excluding tert-OH is 1. The molecule has 118 valence electrons. The van der Waals surface area contributed by atoms with Crippen molar-refractivity contribution in [1.82, 2.24) is 25.4 Å². The molecular formula is C15H16N6O2. The zero-order chi connectivity index (χ0) is 15.6. The molecule has 8 heteroatoms. The molecule has 4 rings (SSSR count). The minimum Gasteiger partial charge on any atom is -0.392 e. The lowest BCUT2D eigenvalue weighted by Gasteiger charge is -2.27. The van der Waals surface area contributed by atoms with Crippen LogP contribution in [0, 0.1) is 0 Å². The molecule has 2 aromatic heterocycles. The summed E-state index contributed by atoms with van der Waals surface area (Å²) in [4.78, 5) is 11.3. The Morgan fingerprint density at radius 2 is 2.04 bits per heavy atom. The Labute approximate surface area is 132 Å². The number of ether oxygens (including phenoxy) is 1. The Bertz CT molecular complexity index is 828. The number of rotatable bonds is 3. The van der Waals surface area contributed by atoms with E-state index in [1.54, 1.807) is 0 Å². The van der Waals surface area contributed by atoms with Crippen LogP contribution in [0.15, 0.2) is 24.3 Å². The molecule has 8 nitrogen and oxygen atoms in total. The van der Waals surface area contributed by atoms with E-state index in [1.165, 1.54) is 0 Å². The molecular weight excluding hydrogens is 296 g/mol. The molecule has 1 aliphatic heterocycles. The molecule has 0 radical (unpaired) electrons. The molecule has 23 heavy (non-hydrogen) atoms. The quantitative estimate of drug-likeness (QED) is 0.736. The van der Waals surface area contributed by atoms with E-state index in [9.17, 15) is 5.11 Å². The molecule has 0 spiro atoms. The fourth-order valence-corrected chi connectivity index (χ4v) is 2.67. The van der Waals surface area contributed by atoms with E-state index in [4.69, 9.17) is 9.72 Å². The zero-order valence-electron chi connectivity index (χ0n) is 12.4. The highest BCUT2D eigenvalue weighted by Gasteiger charge is 2.20. The molecule has 0 amide bonds. The van der Waals surface area contributed by atoms with Gasteiger partial charge in [0.2, 0.25) is 5.65 Å². The lowest BCUT2D eigenvalue weighted by molar-refractivity contribution is 0.122. The second kappa shape index (κ2) is 5.90. The average Bonchev–Trinajstić information content (AvgIpc) is 3.10. The zero-order valence-corrected chi connectivity index (χ0v) is 12.4. The van der Waals surface area contributed by atoms with E-state index in [0.29, 0.717) is 30.2 Å². The number of aromatic nitrogens is 5. The summed E-state index contributed by atoms with van der Waals surface area (Å²) >= 11 is 0. The van der Waals surface area contributed by atoms with Crippen LogP contribution in [0.1, 0.15) is 5.56 Å². The van der Waals surface area contributed by atoms with Crippen LogP contribution >= 0.6 is 0 Å². The lowest BCUT2D eigenvalue weighted by atomic mass is 10.1. The normalized spacial score (nSPS) is 15.3. The van der Waals surface area contributed by atoms with Gasteiger partial charge in [-0.15, -0.1) is 5.10 Å². The Kier molecular flexibility index (Phi) is 3.60. The average molecular weight is 312 g/mol. The third-order valence-corrected chi connectivity index (χ3v) is 3.84. The van der Waals surface area contributed by atoms with Crippen LogP contribution in [0.5, 0.6) is 0 Å². The standard InChI is InChI=1S/C15H16N6O2/c22-9-10-2-1-3-11(8-10)13-16-14-12(18-20-19-14)15(17-13)21-4-6-23-7-5-21/h1-3,8,22H,4-7,9H2,(H,16,17,18,19,20). The number of fused-ring (bicyclic) bond motifs is 1. The highest BCUT2D eigenvalue weighted by atomic mass is 16.5. The van der Waals surface area contributed by atoms with Crippen molar-refractivity contribution in [2.45, 2.75) is 6.61 Å². The Balaban J connectivity index is 1.83. The minimum absolute atomic E-state index is 0.0175. The van der Waals surface area contributed by atoms with E-state index in [1.807, 2.05) is 24.3 Å². The van der Waals surface area contributed by atoms with Gasteiger partial charge in [-0.25, -0.2) is 9.97 Å². The van der Waals surface area contributed by atoms with Crippen LogP contribution in [0.25, 0.3) is 22.6 Å². The number of anilines is 1. The Morgan fingerprint density at radius 1 is 1.17 bits per heavy atom. The minimum atomic E-state index is -0.0175. The highest BCUT2D eigenvalue weighted by molar-refractivity contribution is 5.84. The molecule has 0 bridgehead atoms. The maximum Gasteiger partial charge on any atom is 0.207 e. The first-order valence-corrected chi connectivity index (χ1v) is 7.46. The van der Waals surface area contributed by atoms with Crippen molar-refractivity contribution in [3.8, 4) is 11.4 Å². The number of hydrogen-bond acceptors (Lipinski definition) is 7. The van der Waals surface area contributed by atoms with Crippen molar-refractivity contribution in [3.63, 3.8) is 0 Å². The molecule has 0 aliphatic carbocycles. The Hall–Kier alpha value is -2.58. The first-order valence-electron chi connectivity index (χ1n) is 7.46. The molecule has 1 saturated heterocycles. The first kappa shape index (κ1) is 14.0. The van der Waals surface area contributed by atoms with Gasteiger partial charge in [0.1, 0.15) is 0 Å². The molecule has 3 aromatic rings. The van der Waals surface area contributed by atoms with Crippen molar-refractivity contribution >= 4 is 17.0 Å². The molecule has 3 heterocycles. The molecule has 2 N–H and O–H groups in total. The summed E-state index contributed by atoms with van der Waals surface area (Å²) in [5.41, 5.74) is 2.86. The van der Waals surface area contributed by atoms with Crippen LogP contribution in [-0.4, -0.2) is 56.8 Å². The summed E-state index contributed by atoms with van der Waals surface area (Å²) in [7, 11) is 0. The van der Waals surface area contributed by atoms with Gasteiger partial charge in [0.15, 0.2) is 17.2 Å². The fraction of sp³-hybridized carbons (Fsp3) is 0.333. The van der Waals surface area contributed by atoms with Gasteiger partial charge < -0.3 is 14.7 Å². The van der Waals surface area contributed by atoms with Gasteiger partial charge in [0.05, 0.1) is 19.8 Å². The van der Waals surface area contributed by atoms with Gasteiger partial charge in [0, 0.05) is 18.7 Å². The number of H-pyrrole nitrogens is 1. The number of hydrogen-bond donors (Lipinski definition) is 2. The van der Waals surface area contributed by atoms with Crippen LogP contribution in [0.3, 0.4) is 0 Å². The Morgan fingerprint density at radius 3 is 2.87 bits per heavy atom. The molecule has 0 saturated carbocycles. The van der Waals surface area contributed by atoms with E-state index < -0.39 is 0 Å². The summed E-state index contributed by atoms with van der Waals surface area (Å²) < 4.78 is 5.40. The lowest BCUT2D eigenvalue weighted by Crippen LogP contribution is -2.37. The van der Waals surface area contributed by atoms with Crippen molar-refractivity contribution < 1.29 is 9.84 Å². The van der Waals surface area contributed by atoms with E-state index in [-0.39, 0.29) is 6.61 Å². The van der Waals surface area contributed by atoms with E-state index in [2.05, 4.69) is 25.3 Å². The van der Waals surface area contributed by atoms with Crippen LogP contribution in [-0.2, 0) is 11.3 Å². The molecule has 0 unspecified atom stereocenters. The summed E-state index contributed by atoms with van der Waals surface area (Å²) in [5.74, 6) is 1.33. The van der Waals surface area contributed by atoms with Gasteiger partial charge in [-0.2, -0.15) is 10.3 Å². The predicted octanol–water partition coefficient (Wildman–Crippen LogP) is 0.744.